The van der Waals surface area contributed by atoms with Gasteiger partial charge in [-0.3, -0.25) is 0 Å². The Morgan fingerprint density at radius 3 is 2.50 bits per heavy atom. The smallest absolute Gasteiger partial charge is 0.0872 e. The summed E-state index contributed by atoms with van der Waals surface area (Å²) in [6.45, 7) is 7.58. The first kappa shape index (κ1) is 13.6. The zero-order valence-corrected chi connectivity index (χ0v) is 12.0. The van der Waals surface area contributed by atoms with Gasteiger partial charge >= 0.3 is 0 Å². The van der Waals surface area contributed by atoms with Crippen LogP contribution in [0.1, 0.15) is 31.4 Å². The fourth-order valence-corrected chi connectivity index (χ4v) is 3.09. The van der Waals surface area contributed by atoms with E-state index >= 15 is 0 Å². The second-order valence-corrected chi connectivity index (χ2v) is 6.32. The lowest BCUT2D eigenvalue weighted by molar-refractivity contribution is -0.916. The molecule has 1 aliphatic heterocycles. The van der Waals surface area contributed by atoms with Crippen LogP contribution < -0.4 is 4.90 Å². The predicted octanol–water partition coefficient (Wildman–Crippen LogP) is 1.21. The van der Waals surface area contributed by atoms with Crippen molar-refractivity contribution in [3.63, 3.8) is 0 Å². The molecule has 2 nitrogen and oxygen atoms in total. The number of benzene rings is 1. The van der Waals surface area contributed by atoms with Gasteiger partial charge in [-0.15, -0.1) is 0 Å². The first-order valence-corrected chi connectivity index (χ1v) is 7.01. The summed E-state index contributed by atoms with van der Waals surface area (Å²) >= 11 is 0. The van der Waals surface area contributed by atoms with Crippen LogP contribution in [0.4, 0.5) is 0 Å². The monoisotopic (exact) mass is 248 g/mol. The average Bonchev–Trinajstić information content (AvgIpc) is 2.30. The molecule has 2 rings (SSSR count). The largest absolute Gasteiger partial charge is 0.389 e. The van der Waals surface area contributed by atoms with Crippen LogP contribution in [-0.4, -0.2) is 30.3 Å². The molecular weight excluding hydrogens is 222 g/mol. The van der Waals surface area contributed by atoms with Crippen LogP contribution in [0.25, 0.3) is 0 Å². The molecule has 0 bridgehead atoms. The van der Waals surface area contributed by atoms with Crippen LogP contribution in [0.5, 0.6) is 0 Å². The quantitative estimate of drug-likeness (QED) is 0.808. The number of hydrogen-bond donors (Lipinski definition) is 2. The first-order chi connectivity index (χ1) is 8.40. The van der Waals surface area contributed by atoms with Crippen LogP contribution >= 0.6 is 0 Å². The van der Waals surface area contributed by atoms with Crippen LogP contribution in [0.3, 0.4) is 0 Å². The van der Waals surface area contributed by atoms with E-state index in [-0.39, 0.29) is 0 Å². The fraction of sp³-hybridized carbons (Fsp3) is 0.625. The van der Waals surface area contributed by atoms with Crippen LogP contribution in [0.2, 0.25) is 0 Å². The highest BCUT2D eigenvalue weighted by atomic mass is 16.3. The third kappa shape index (κ3) is 2.76. The van der Waals surface area contributed by atoms with Gasteiger partial charge in [0.2, 0.25) is 0 Å². The Morgan fingerprint density at radius 2 is 1.89 bits per heavy atom. The molecule has 0 radical (unpaired) electrons. The predicted molar refractivity (Wildman–Crippen MR) is 74.8 cm³/mol. The molecule has 0 aliphatic carbocycles. The number of aryl methyl sites for hydroxylation is 1. The number of rotatable bonds is 2. The van der Waals surface area contributed by atoms with E-state index in [9.17, 15) is 5.11 Å². The second kappa shape index (κ2) is 5.02. The summed E-state index contributed by atoms with van der Waals surface area (Å²) in [6.07, 6.45) is 1.68. The summed E-state index contributed by atoms with van der Waals surface area (Å²) in [7, 11) is 2.23. The van der Waals surface area contributed by atoms with Crippen molar-refractivity contribution < 1.29 is 10.0 Å². The Balaban J connectivity index is 2.13. The molecular formula is C16H26NO+. The Labute approximate surface area is 111 Å². The minimum absolute atomic E-state index is 0.356. The van der Waals surface area contributed by atoms with E-state index in [1.807, 2.05) is 0 Å². The minimum atomic E-state index is -0.534. The van der Waals surface area contributed by atoms with Crippen molar-refractivity contribution in [1.29, 1.82) is 0 Å². The molecule has 1 heterocycles. The van der Waals surface area contributed by atoms with Crippen LogP contribution in [-0.2, 0) is 6.42 Å². The van der Waals surface area contributed by atoms with E-state index in [0.717, 1.165) is 19.4 Å². The van der Waals surface area contributed by atoms with Crippen molar-refractivity contribution >= 4 is 0 Å². The average molecular weight is 248 g/mol. The molecule has 1 aliphatic rings. The zero-order chi connectivity index (χ0) is 13.3. The third-order valence-corrected chi connectivity index (χ3v) is 4.68. The Hall–Kier alpha value is -0.860. The molecule has 1 fully saturated rings. The van der Waals surface area contributed by atoms with Gasteiger partial charge in [-0.25, -0.2) is 0 Å². The van der Waals surface area contributed by atoms with Gasteiger partial charge in [0.25, 0.3) is 0 Å². The van der Waals surface area contributed by atoms with Gasteiger partial charge in [-0.2, -0.15) is 0 Å². The lowest BCUT2D eigenvalue weighted by Crippen LogP contribution is -3.15. The molecule has 100 valence electrons. The summed E-state index contributed by atoms with van der Waals surface area (Å²) in [5, 5.41) is 10.9. The number of piperidine rings is 1. The molecule has 1 aromatic rings. The maximum Gasteiger partial charge on any atom is 0.0872 e. The van der Waals surface area contributed by atoms with Crippen molar-refractivity contribution in [2.75, 3.05) is 13.6 Å². The van der Waals surface area contributed by atoms with Crippen molar-refractivity contribution in [2.45, 2.75) is 45.3 Å². The van der Waals surface area contributed by atoms with E-state index in [0.29, 0.717) is 12.0 Å². The van der Waals surface area contributed by atoms with Gasteiger partial charge < -0.3 is 10.0 Å². The minimum Gasteiger partial charge on any atom is -0.389 e. The molecule has 1 unspecified atom stereocenters. The van der Waals surface area contributed by atoms with Gasteiger partial charge in [0.1, 0.15) is 0 Å². The van der Waals surface area contributed by atoms with Gasteiger partial charge in [0.15, 0.2) is 0 Å². The number of quaternary nitrogens is 1. The summed E-state index contributed by atoms with van der Waals surface area (Å²) in [5.74, 6) is 0.356. The van der Waals surface area contributed by atoms with Crippen molar-refractivity contribution in [1.82, 2.24) is 0 Å². The molecule has 0 aromatic heterocycles. The van der Waals surface area contributed by atoms with Gasteiger partial charge in [-0.05, 0) is 19.4 Å². The molecule has 0 amide bonds. The van der Waals surface area contributed by atoms with Gasteiger partial charge in [0.05, 0.1) is 25.2 Å². The SMILES string of the molecule is Cc1ccc(C[C@@]2(O)C[C@H](C)[NH+](C)C[C@@H]2C)cc1. The topological polar surface area (TPSA) is 24.7 Å². The Bertz CT molecular complexity index is 400. The van der Waals surface area contributed by atoms with Crippen LogP contribution in [0, 0.1) is 12.8 Å². The summed E-state index contributed by atoms with van der Waals surface area (Å²) < 4.78 is 0. The van der Waals surface area contributed by atoms with Crippen molar-refractivity contribution in [3.05, 3.63) is 35.4 Å². The van der Waals surface area contributed by atoms with E-state index < -0.39 is 5.60 Å². The number of nitrogens with one attached hydrogen (secondary N) is 1. The maximum atomic E-state index is 10.9. The second-order valence-electron chi connectivity index (χ2n) is 6.32. The molecule has 0 saturated carbocycles. The summed E-state index contributed by atoms with van der Waals surface area (Å²) in [5.41, 5.74) is 2.00. The Morgan fingerprint density at radius 1 is 1.28 bits per heavy atom. The number of aliphatic hydroxyl groups is 1. The molecule has 1 aromatic carbocycles. The molecule has 2 N–H and O–H groups in total. The molecule has 0 spiro atoms. The van der Waals surface area contributed by atoms with E-state index in [1.165, 1.54) is 16.0 Å². The van der Waals surface area contributed by atoms with Gasteiger partial charge in [-0.1, -0.05) is 36.8 Å². The maximum absolute atomic E-state index is 10.9. The normalized spacial score (nSPS) is 36.6. The highest BCUT2D eigenvalue weighted by molar-refractivity contribution is 5.23. The van der Waals surface area contributed by atoms with E-state index in [2.05, 4.69) is 52.1 Å². The highest BCUT2D eigenvalue weighted by Gasteiger charge is 2.43. The summed E-state index contributed by atoms with van der Waals surface area (Å²) in [4.78, 5) is 1.54. The Kier molecular flexibility index (Phi) is 3.79. The van der Waals surface area contributed by atoms with Gasteiger partial charge in [0, 0.05) is 18.8 Å². The standard InChI is InChI=1S/C16H25NO/c1-12-5-7-15(8-6-12)10-16(18)9-14(3)17(4)11-13(16)2/h5-8,13-14,18H,9-11H2,1-4H3/p+1/t13-,14-,16-/m0/s1. The summed E-state index contributed by atoms with van der Waals surface area (Å²) in [6, 6.07) is 9.10. The van der Waals surface area contributed by atoms with Crippen molar-refractivity contribution in [3.8, 4) is 0 Å². The van der Waals surface area contributed by atoms with Crippen molar-refractivity contribution in [2.24, 2.45) is 5.92 Å². The number of hydrogen-bond acceptors (Lipinski definition) is 1. The lowest BCUT2D eigenvalue weighted by Gasteiger charge is -2.43. The number of likely N-dealkylation sites (tertiary alicyclic amines) is 1. The van der Waals surface area contributed by atoms with Crippen LogP contribution in [0.15, 0.2) is 24.3 Å². The highest BCUT2D eigenvalue weighted by Crippen LogP contribution is 2.29. The fourth-order valence-electron chi connectivity index (χ4n) is 3.09. The molecule has 4 atom stereocenters. The first-order valence-electron chi connectivity index (χ1n) is 7.01. The van der Waals surface area contributed by atoms with E-state index in [1.54, 1.807) is 0 Å². The third-order valence-electron chi connectivity index (χ3n) is 4.68. The lowest BCUT2D eigenvalue weighted by atomic mass is 9.75. The molecule has 2 heteroatoms. The molecule has 18 heavy (non-hydrogen) atoms. The molecule has 1 saturated heterocycles. The van der Waals surface area contributed by atoms with E-state index in [4.69, 9.17) is 0 Å². The zero-order valence-electron chi connectivity index (χ0n) is 12.0.